The minimum absolute atomic E-state index is 0.0183. The normalized spacial score (nSPS) is 44.4. The van der Waals surface area contributed by atoms with Crippen LogP contribution in [0.4, 0.5) is 0 Å². The fourth-order valence-corrected chi connectivity index (χ4v) is 10.2. The topological polar surface area (TPSA) is 271 Å². The molecule has 6 rings (SSSR count). The molecular formula is C36H48O18. The molecule has 300 valence electrons. The van der Waals surface area contributed by atoms with Gasteiger partial charge in [0.1, 0.15) is 42.2 Å². The van der Waals surface area contributed by atoms with Crippen LogP contribution in [0.5, 0.6) is 0 Å². The van der Waals surface area contributed by atoms with Crippen molar-refractivity contribution in [1.82, 2.24) is 0 Å². The van der Waals surface area contributed by atoms with Gasteiger partial charge in [-0.3, -0.25) is 9.59 Å². The van der Waals surface area contributed by atoms with Crippen LogP contribution in [-0.4, -0.2) is 147 Å². The number of aliphatic hydroxyl groups excluding tert-OH is 6. The van der Waals surface area contributed by atoms with Crippen LogP contribution < -0.4 is 0 Å². The van der Waals surface area contributed by atoms with Gasteiger partial charge in [0.2, 0.25) is 18.0 Å². The van der Waals surface area contributed by atoms with Crippen molar-refractivity contribution in [3.8, 4) is 0 Å². The standard InChI is InChI=1S/C36H48O18/c1-13(33(4,5)54-15(3)38)8-20(40)52-26-28-35-12-49-36(28,32(47)48-7)29(45)24(44)27(35)34(6)10-17(39)25(14(2)16(34)9-19(35)51-30(26)46)53-31-23(43)22(42)21(41)18(11-37)50-31/h8,16,18-19,21-24,26-29,31,37,41-45H,9-12H2,1-7H3/t16-,18+,19+,21+,22-,23+,24+,26+,27?,28?,29-,31-,34-,35+,36-/m0/s1. The molecule has 5 fully saturated rings. The second kappa shape index (κ2) is 13.6. The van der Waals surface area contributed by atoms with Crippen LogP contribution in [0.25, 0.3) is 0 Å². The predicted molar refractivity (Wildman–Crippen MR) is 175 cm³/mol. The van der Waals surface area contributed by atoms with Gasteiger partial charge in [-0.25, -0.2) is 14.4 Å². The van der Waals surface area contributed by atoms with E-state index in [1.54, 1.807) is 13.8 Å². The largest absolute Gasteiger partial charge is 0.467 e. The third kappa shape index (κ3) is 5.63. The quantitative estimate of drug-likeness (QED) is 0.0894. The lowest BCUT2D eigenvalue weighted by molar-refractivity contribution is -0.296. The number of rotatable bonds is 8. The first-order chi connectivity index (χ1) is 25.1. The molecule has 3 aliphatic carbocycles. The summed E-state index contributed by atoms with van der Waals surface area (Å²) in [6, 6.07) is 0. The van der Waals surface area contributed by atoms with Crippen LogP contribution in [-0.2, 0) is 57.1 Å². The molecule has 0 aromatic carbocycles. The molecule has 3 saturated heterocycles. The second-order valence-corrected chi connectivity index (χ2v) is 16.0. The number of hydrogen-bond acceptors (Lipinski definition) is 18. The number of ketones is 1. The maximum atomic E-state index is 14.1. The van der Waals surface area contributed by atoms with Crippen molar-refractivity contribution in [2.24, 2.45) is 28.6 Å². The third-order valence-electron chi connectivity index (χ3n) is 12.8. The van der Waals surface area contributed by atoms with E-state index in [-0.39, 0.29) is 30.8 Å². The van der Waals surface area contributed by atoms with Gasteiger partial charge in [-0.05, 0) is 56.6 Å². The fraction of sp³-hybridized carbons (Fsp3) is 0.750. The van der Waals surface area contributed by atoms with Gasteiger partial charge >= 0.3 is 23.9 Å². The van der Waals surface area contributed by atoms with E-state index in [9.17, 15) is 54.6 Å². The Kier molecular flexibility index (Phi) is 10.1. The first-order valence-corrected chi connectivity index (χ1v) is 17.7. The molecule has 54 heavy (non-hydrogen) atoms. The van der Waals surface area contributed by atoms with Gasteiger partial charge in [0.15, 0.2) is 11.5 Å². The summed E-state index contributed by atoms with van der Waals surface area (Å²) in [5.41, 5.74) is -5.89. The van der Waals surface area contributed by atoms with E-state index in [1.807, 2.05) is 0 Å². The first-order valence-electron chi connectivity index (χ1n) is 17.7. The predicted octanol–water partition coefficient (Wildman–Crippen LogP) is -1.90. The summed E-state index contributed by atoms with van der Waals surface area (Å²) < 4.78 is 39.6. The summed E-state index contributed by atoms with van der Waals surface area (Å²) in [6.07, 6.45) is -14.4. The van der Waals surface area contributed by atoms with E-state index in [4.69, 9.17) is 33.2 Å². The van der Waals surface area contributed by atoms with Crippen molar-refractivity contribution in [3.63, 3.8) is 0 Å². The number of allylic oxidation sites excluding steroid dienone is 2. The molecule has 15 atom stereocenters. The highest BCUT2D eigenvalue weighted by atomic mass is 16.7. The van der Waals surface area contributed by atoms with Gasteiger partial charge < -0.3 is 63.8 Å². The molecule has 0 amide bonds. The van der Waals surface area contributed by atoms with Crippen LogP contribution in [0.1, 0.15) is 54.4 Å². The smallest absolute Gasteiger partial charge is 0.348 e. The molecular weight excluding hydrogens is 720 g/mol. The molecule has 2 bridgehead atoms. The zero-order valence-corrected chi connectivity index (χ0v) is 30.9. The van der Waals surface area contributed by atoms with E-state index in [0.29, 0.717) is 5.57 Å². The van der Waals surface area contributed by atoms with E-state index in [2.05, 4.69) is 0 Å². The Morgan fingerprint density at radius 1 is 1.00 bits per heavy atom. The van der Waals surface area contributed by atoms with Crippen molar-refractivity contribution in [1.29, 1.82) is 0 Å². The van der Waals surface area contributed by atoms with Crippen LogP contribution in [0.15, 0.2) is 23.0 Å². The number of carbonyl (C=O) groups is 5. The van der Waals surface area contributed by atoms with Gasteiger partial charge in [0.25, 0.3) is 0 Å². The Morgan fingerprint density at radius 2 is 1.67 bits per heavy atom. The van der Waals surface area contributed by atoms with E-state index in [1.165, 1.54) is 27.7 Å². The first kappa shape index (κ1) is 40.2. The Labute approximate surface area is 309 Å². The van der Waals surface area contributed by atoms with E-state index >= 15 is 0 Å². The molecule has 6 N–H and O–H groups in total. The second-order valence-electron chi connectivity index (χ2n) is 16.0. The summed E-state index contributed by atoms with van der Waals surface area (Å²) in [5.74, 6) is -8.09. The number of hydrogen-bond donors (Lipinski definition) is 6. The number of fused-ring (bicyclic) bond motifs is 2. The third-order valence-corrected chi connectivity index (χ3v) is 12.8. The van der Waals surface area contributed by atoms with Crippen molar-refractivity contribution in [3.05, 3.63) is 23.0 Å². The number of esters is 4. The lowest BCUT2D eigenvalue weighted by Gasteiger charge is -2.67. The lowest BCUT2D eigenvalue weighted by Crippen LogP contribution is -2.79. The fourth-order valence-electron chi connectivity index (χ4n) is 10.2. The Balaban J connectivity index is 1.41. The number of ether oxygens (including phenoxy) is 7. The molecule has 6 aliphatic rings. The number of methoxy groups -OCH3 is 1. The zero-order chi connectivity index (χ0) is 40.0. The molecule has 0 aromatic heterocycles. The summed E-state index contributed by atoms with van der Waals surface area (Å²) in [4.78, 5) is 66.9. The minimum Gasteiger partial charge on any atom is -0.467 e. The molecule has 2 unspecified atom stereocenters. The highest BCUT2D eigenvalue weighted by molar-refractivity contribution is 5.96. The average Bonchev–Trinajstić information content (AvgIpc) is 3.40. The van der Waals surface area contributed by atoms with Crippen molar-refractivity contribution in [2.45, 2.75) is 121 Å². The Bertz CT molecular complexity index is 1670. The van der Waals surface area contributed by atoms with Crippen LogP contribution in [0.3, 0.4) is 0 Å². The summed E-state index contributed by atoms with van der Waals surface area (Å²) >= 11 is 0. The zero-order valence-electron chi connectivity index (χ0n) is 30.9. The maximum Gasteiger partial charge on any atom is 0.348 e. The molecule has 18 heteroatoms. The SMILES string of the molecule is COC(=O)[C@@]12OC[C@]34C([C@@H](O)[C@@H]1O)[C@@]1(C)CC(=O)C(O[C@@H]5O[C@H](CO)[C@@H](O)[C@H](O)[C@H]5O)=C(C)[C@@H]1C[C@H]3OC(=O)[C@H](OC(=O)C=C(C)C(C)(C)OC(C)=O)C42. The number of Topliss-reactive ketones (excluding diaryl/α,β-unsaturated/α-hetero) is 1. The molecule has 0 aromatic rings. The van der Waals surface area contributed by atoms with Crippen molar-refractivity contribution >= 4 is 29.7 Å². The van der Waals surface area contributed by atoms with E-state index in [0.717, 1.165) is 13.2 Å². The Hall–Kier alpha value is -3.49. The van der Waals surface area contributed by atoms with Crippen LogP contribution >= 0.6 is 0 Å². The Morgan fingerprint density at radius 3 is 2.28 bits per heavy atom. The van der Waals surface area contributed by atoms with Gasteiger partial charge in [0.05, 0.1) is 32.3 Å². The molecule has 2 saturated carbocycles. The monoisotopic (exact) mass is 768 g/mol. The van der Waals surface area contributed by atoms with Gasteiger partial charge in [-0.1, -0.05) is 6.92 Å². The highest BCUT2D eigenvalue weighted by Crippen LogP contribution is 2.73. The number of carbonyl (C=O) groups excluding carboxylic acids is 5. The molecule has 3 heterocycles. The van der Waals surface area contributed by atoms with Crippen LogP contribution in [0, 0.1) is 28.6 Å². The molecule has 0 radical (unpaired) electrons. The van der Waals surface area contributed by atoms with Crippen LogP contribution in [0.2, 0.25) is 0 Å². The van der Waals surface area contributed by atoms with Crippen molar-refractivity contribution in [2.75, 3.05) is 20.3 Å². The maximum absolute atomic E-state index is 14.1. The van der Waals surface area contributed by atoms with Gasteiger partial charge in [-0.15, -0.1) is 0 Å². The molecule has 18 nitrogen and oxygen atoms in total. The van der Waals surface area contributed by atoms with E-state index < -0.39 is 131 Å². The molecule has 3 aliphatic heterocycles. The van der Waals surface area contributed by atoms with Gasteiger partial charge in [-0.2, -0.15) is 0 Å². The molecule has 1 spiro atoms. The number of aliphatic hydroxyl groups is 6. The summed E-state index contributed by atoms with van der Waals surface area (Å²) in [7, 11) is 1.03. The summed E-state index contributed by atoms with van der Waals surface area (Å²) in [6.45, 7) is 7.94. The van der Waals surface area contributed by atoms with Gasteiger partial charge in [0, 0.05) is 30.8 Å². The summed E-state index contributed by atoms with van der Waals surface area (Å²) in [5, 5.41) is 64.8. The average molecular weight is 769 g/mol. The van der Waals surface area contributed by atoms with Crippen molar-refractivity contribution < 1.29 is 87.8 Å². The highest BCUT2D eigenvalue weighted by Gasteiger charge is 2.85. The lowest BCUT2D eigenvalue weighted by atomic mass is 9.38. The minimum atomic E-state index is -2.41.